The monoisotopic (exact) mass is 285 g/mol. The summed E-state index contributed by atoms with van der Waals surface area (Å²) >= 11 is 0. The van der Waals surface area contributed by atoms with Crippen molar-refractivity contribution in [2.45, 2.75) is 71.1 Å². The molecular weight excluding hydrogens is 258 g/mol. The second kappa shape index (κ2) is 8.12. The summed E-state index contributed by atoms with van der Waals surface area (Å²) in [7, 11) is 0. The van der Waals surface area contributed by atoms with Crippen LogP contribution in [-0.2, 0) is 0 Å². The van der Waals surface area contributed by atoms with Gasteiger partial charge in [-0.15, -0.1) is 0 Å². The average Bonchev–Trinajstić information content (AvgIpc) is 2.55. The number of nitriles is 1. The molecule has 0 spiro atoms. The van der Waals surface area contributed by atoms with Gasteiger partial charge in [-0.3, -0.25) is 0 Å². The van der Waals surface area contributed by atoms with Crippen LogP contribution in [0.1, 0.15) is 82.5 Å². The zero-order valence-corrected chi connectivity index (χ0v) is 13.4. The molecule has 0 saturated heterocycles. The highest BCUT2D eigenvalue weighted by molar-refractivity contribution is 5.17. The van der Waals surface area contributed by atoms with E-state index >= 15 is 0 Å². The highest BCUT2D eigenvalue weighted by atomic mass is 14.9. The molecule has 0 aromatic carbocycles. The molecule has 0 N–H and O–H groups in total. The summed E-state index contributed by atoms with van der Waals surface area (Å²) in [5, 5.41) is 8.74. The van der Waals surface area contributed by atoms with Crippen molar-refractivity contribution in [2.75, 3.05) is 0 Å². The lowest BCUT2D eigenvalue weighted by Crippen LogP contribution is -2.14. The summed E-state index contributed by atoms with van der Waals surface area (Å²) in [5.74, 6) is 2.68. The van der Waals surface area contributed by atoms with Gasteiger partial charge in [-0.1, -0.05) is 39.5 Å². The van der Waals surface area contributed by atoms with Gasteiger partial charge in [0.2, 0.25) is 5.82 Å². The third-order valence-electron chi connectivity index (χ3n) is 5.10. The van der Waals surface area contributed by atoms with E-state index in [0.717, 1.165) is 11.8 Å². The number of nitrogens with zero attached hydrogens (tertiary/aromatic N) is 3. The molecule has 1 fully saturated rings. The fraction of sp³-hybridized carbons (Fsp3) is 0.722. The molecule has 3 heteroatoms. The van der Waals surface area contributed by atoms with Crippen LogP contribution < -0.4 is 0 Å². The van der Waals surface area contributed by atoms with Crippen molar-refractivity contribution in [3.8, 4) is 6.07 Å². The topological polar surface area (TPSA) is 49.6 Å². The molecule has 1 aliphatic rings. The third kappa shape index (κ3) is 4.81. The van der Waals surface area contributed by atoms with E-state index in [1.807, 2.05) is 18.5 Å². The van der Waals surface area contributed by atoms with Gasteiger partial charge in [0, 0.05) is 12.4 Å². The fourth-order valence-electron chi connectivity index (χ4n) is 3.35. The molecule has 1 aromatic heterocycles. The summed E-state index contributed by atoms with van der Waals surface area (Å²) in [6, 6.07) is 1.98. The number of rotatable bonds is 6. The highest BCUT2D eigenvalue weighted by Gasteiger charge is 2.22. The lowest BCUT2D eigenvalue weighted by atomic mass is 9.77. The predicted octanol–water partition coefficient (Wildman–Crippen LogP) is 4.84. The van der Waals surface area contributed by atoms with E-state index in [1.165, 1.54) is 56.9 Å². The van der Waals surface area contributed by atoms with Crippen molar-refractivity contribution >= 4 is 0 Å². The van der Waals surface area contributed by atoms with Crippen LogP contribution in [0.15, 0.2) is 12.4 Å². The number of hydrogen-bond acceptors (Lipinski definition) is 3. The number of hydrogen-bond donors (Lipinski definition) is 0. The second-order valence-corrected chi connectivity index (χ2v) is 6.61. The molecule has 2 rings (SSSR count). The van der Waals surface area contributed by atoms with Crippen LogP contribution in [0.25, 0.3) is 0 Å². The maximum absolute atomic E-state index is 8.74. The largest absolute Gasteiger partial charge is 0.232 e. The standard InChI is InChI=1S/C18H27N3/c1-3-14(2)5-4-6-15-7-9-16(10-8-15)17-12-20-18(11-19)21-13-17/h12-16H,3-10H2,1-2H3/t14?,15-,16-. The fourth-order valence-corrected chi connectivity index (χ4v) is 3.35. The molecule has 1 unspecified atom stereocenters. The smallest absolute Gasteiger partial charge is 0.227 e. The molecule has 114 valence electrons. The van der Waals surface area contributed by atoms with E-state index in [9.17, 15) is 0 Å². The van der Waals surface area contributed by atoms with E-state index in [4.69, 9.17) is 5.26 Å². The van der Waals surface area contributed by atoms with Gasteiger partial charge in [0.1, 0.15) is 6.07 Å². The molecule has 0 aliphatic heterocycles. The Bertz CT molecular complexity index is 452. The van der Waals surface area contributed by atoms with Crippen molar-refractivity contribution in [1.29, 1.82) is 5.26 Å². The van der Waals surface area contributed by atoms with E-state index in [1.54, 1.807) is 0 Å². The summed E-state index contributed by atoms with van der Waals surface area (Å²) < 4.78 is 0. The van der Waals surface area contributed by atoms with Gasteiger partial charge in [-0.2, -0.15) is 5.26 Å². The van der Waals surface area contributed by atoms with Crippen LogP contribution in [0.2, 0.25) is 0 Å². The lowest BCUT2D eigenvalue weighted by Gasteiger charge is -2.28. The average molecular weight is 285 g/mol. The van der Waals surface area contributed by atoms with Gasteiger partial charge in [0.05, 0.1) is 0 Å². The van der Waals surface area contributed by atoms with E-state index in [-0.39, 0.29) is 5.82 Å². The lowest BCUT2D eigenvalue weighted by molar-refractivity contribution is 0.295. The summed E-state index contributed by atoms with van der Waals surface area (Å²) in [4.78, 5) is 8.20. The van der Waals surface area contributed by atoms with Crippen molar-refractivity contribution in [1.82, 2.24) is 9.97 Å². The molecule has 0 radical (unpaired) electrons. The molecule has 1 aliphatic carbocycles. The SMILES string of the molecule is CCC(C)CCC[C@H]1CC[C@H](c2cnc(C#N)nc2)CC1. The Labute approximate surface area is 128 Å². The van der Waals surface area contributed by atoms with Crippen LogP contribution in [0.4, 0.5) is 0 Å². The highest BCUT2D eigenvalue weighted by Crippen LogP contribution is 2.37. The number of aromatic nitrogens is 2. The molecule has 3 nitrogen and oxygen atoms in total. The minimum Gasteiger partial charge on any atom is -0.227 e. The van der Waals surface area contributed by atoms with Crippen LogP contribution in [0, 0.1) is 23.2 Å². The maximum Gasteiger partial charge on any atom is 0.232 e. The second-order valence-electron chi connectivity index (χ2n) is 6.61. The van der Waals surface area contributed by atoms with E-state index in [2.05, 4.69) is 23.8 Å². The van der Waals surface area contributed by atoms with Crippen LogP contribution in [0.5, 0.6) is 0 Å². The Morgan fingerprint density at radius 3 is 2.48 bits per heavy atom. The van der Waals surface area contributed by atoms with E-state index < -0.39 is 0 Å². The maximum atomic E-state index is 8.74. The van der Waals surface area contributed by atoms with Crippen LogP contribution in [-0.4, -0.2) is 9.97 Å². The molecule has 1 heterocycles. The van der Waals surface area contributed by atoms with Gasteiger partial charge < -0.3 is 0 Å². The first-order valence-electron chi connectivity index (χ1n) is 8.45. The van der Waals surface area contributed by atoms with Crippen molar-refractivity contribution in [3.05, 3.63) is 23.8 Å². The summed E-state index contributed by atoms with van der Waals surface area (Å²) in [6.45, 7) is 4.65. The Hall–Kier alpha value is -1.43. The van der Waals surface area contributed by atoms with Gasteiger partial charge in [0.15, 0.2) is 0 Å². The zero-order chi connectivity index (χ0) is 15.1. The zero-order valence-electron chi connectivity index (χ0n) is 13.4. The minimum absolute atomic E-state index is 0.275. The van der Waals surface area contributed by atoms with Crippen molar-refractivity contribution < 1.29 is 0 Å². The van der Waals surface area contributed by atoms with Gasteiger partial charge in [-0.05, 0) is 49.0 Å². The summed E-state index contributed by atoms with van der Waals surface area (Å²) in [6.07, 6.45) is 14.4. The van der Waals surface area contributed by atoms with Gasteiger partial charge in [-0.25, -0.2) is 9.97 Å². The van der Waals surface area contributed by atoms with E-state index in [0.29, 0.717) is 5.92 Å². The first-order chi connectivity index (χ1) is 10.2. The molecule has 1 atom stereocenters. The first-order valence-corrected chi connectivity index (χ1v) is 8.45. The van der Waals surface area contributed by atoms with Crippen molar-refractivity contribution in [3.63, 3.8) is 0 Å². The molecule has 1 aromatic rings. The van der Waals surface area contributed by atoms with Crippen LogP contribution >= 0.6 is 0 Å². The third-order valence-corrected chi connectivity index (χ3v) is 5.10. The molecular formula is C18H27N3. The normalized spacial score (nSPS) is 23.5. The Morgan fingerprint density at radius 2 is 1.90 bits per heavy atom. The summed E-state index contributed by atoms with van der Waals surface area (Å²) in [5.41, 5.74) is 1.21. The first kappa shape index (κ1) is 15.9. The molecule has 0 amide bonds. The minimum atomic E-state index is 0.275. The van der Waals surface area contributed by atoms with Gasteiger partial charge in [0.25, 0.3) is 0 Å². The molecule has 0 bridgehead atoms. The quantitative estimate of drug-likeness (QED) is 0.751. The Morgan fingerprint density at radius 1 is 1.24 bits per heavy atom. The predicted molar refractivity (Wildman–Crippen MR) is 84.8 cm³/mol. The van der Waals surface area contributed by atoms with Gasteiger partial charge >= 0.3 is 0 Å². The van der Waals surface area contributed by atoms with Crippen molar-refractivity contribution in [2.24, 2.45) is 11.8 Å². The Balaban J connectivity index is 1.73. The van der Waals surface area contributed by atoms with Crippen LogP contribution in [0.3, 0.4) is 0 Å². The Kier molecular flexibility index (Phi) is 6.17. The molecule has 21 heavy (non-hydrogen) atoms. The molecule has 1 saturated carbocycles.